The highest BCUT2D eigenvalue weighted by molar-refractivity contribution is 9.09. The summed E-state index contributed by atoms with van der Waals surface area (Å²) < 4.78 is 39.7. The van der Waals surface area contributed by atoms with Gasteiger partial charge in [0.05, 0.1) is 4.90 Å². The van der Waals surface area contributed by atoms with Crippen molar-refractivity contribution in [3.8, 4) is 0 Å². The van der Waals surface area contributed by atoms with E-state index in [0.29, 0.717) is 24.2 Å². The number of hydrogen-bond donors (Lipinski definition) is 0. The van der Waals surface area contributed by atoms with E-state index >= 15 is 0 Å². The van der Waals surface area contributed by atoms with Gasteiger partial charge in [0.25, 0.3) is 0 Å². The lowest BCUT2D eigenvalue weighted by atomic mass is 10.1. The second-order valence-corrected chi connectivity index (χ2v) is 7.79. The minimum atomic E-state index is -3.51. The normalized spacial score (nSPS) is 21.4. The zero-order valence-electron chi connectivity index (χ0n) is 10.3. The maximum atomic E-state index is 13.2. The van der Waals surface area contributed by atoms with Gasteiger partial charge in [-0.1, -0.05) is 15.9 Å². The van der Waals surface area contributed by atoms with Gasteiger partial charge in [0, 0.05) is 17.9 Å². The van der Waals surface area contributed by atoms with Gasteiger partial charge in [-0.25, -0.2) is 12.8 Å². The van der Waals surface area contributed by atoms with Crippen molar-refractivity contribution in [3.63, 3.8) is 0 Å². The van der Waals surface area contributed by atoms with Crippen molar-refractivity contribution in [1.29, 1.82) is 0 Å². The number of hydrogen-bond acceptors (Lipinski definition) is 2. The fraction of sp³-hybridized carbons (Fsp3) is 0.500. The molecule has 0 radical (unpaired) electrons. The van der Waals surface area contributed by atoms with E-state index in [1.54, 1.807) is 13.8 Å². The number of alkyl halides is 1. The molecule has 1 saturated heterocycles. The monoisotopic (exact) mass is 335 g/mol. The minimum Gasteiger partial charge on any atom is -0.207 e. The first-order valence-corrected chi connectivity index (χ1v) is 8.09. The molecule has 0 amide bonds. The van der Waals surface area contributed by atoms with Gasteiger partial charge in [0.15, 0.2) is 0 Å². The molecule has 3 nitrogen and oxygen atoms in total. The van der Waals surface area contributed by atoms with Crippen molar-refractivity contribution in [2.45, 2.75) is 30.0 Å². The van der Waals surface area contributed by atoms with Crippen molar-refractivity contribution >= 4 is 26.0 Å². The highest BCUT2D eigenvalue weighted by Crippen LogP contribution is 2.28. The molecule has 0 saturated carbocycles. The Morgan fingerprint density at radius 1 is 1.33 bits per heavy atom. The van der Waals surface area contributed by atoms with Crippen molar-refractivity contribution in [2.24, 2.45) is 0 Å². The molecule has 0 aliphatic carbocycles. The van der Waals surface area contributed by atoms with Crippen LogP contribution in [-0.4, -0.2) is 30.6 Å². The van der Waals surface area contributed by atoms with Crippen LogP contribution in [0.2, 0.25) is 0 Å². The molecular weight excluding hydrogens is 321 g/mol. The minimum absolute atomic E-state index is 0.202. The van der Waals surface area contributed by atoms with E-state index in [0.717, 1.165) is 6.42 Å². The number of nitrogens with zero attached hydrogens (tertiary/aromatic N) is 1. The summed E-state index contributed by atoms with van der Waals surface area (Å²) in [6.45, 7) is 4.24. The van der Waals surface area contributed by atoms with Crippen LogP contribution >= 0.6 is 15.9 Å². The summed E-state index contributed by atoms with van der Waals surface area (Å²) >= 11 is 3.43. The summed E-state index contributed by atoms with van der Waals surface area (Å²) in [7, 11) is -3.51. The molecule has 2 rings (SSSR count). The third kappa shape index (κ3) is 2.46. The molecule has 1 fully saturated rings. The maximum Gasteiger partial charge on any atom is 0.243 e. The van der Waals surface area contributed by atoms with E-state index < -0.39 is 15.8 Å². The standard InChI is InChI=1S/C12H15BrFNO2S/c1-8-5-11(14)6-9(2)12(8)18(16,17)15-4-3-10(13)7-15/h5-6,10H,3-4,7H2,1-2H3. The molecule has 0 spiro atoms. The second kappa shape index (κ2) is 4.90. The molecular formula is C12H15BrFNO2S. The van der Waals surface area contributed by atoms with Crippen LogP contribution in [0.15, 0.2) is 17.0 Å². The number of sulfonamides is 1. The molecule has 0 bridgehead atoms. The van der Waals surface area contributed by atoms with Crippen LogP contribution in [0.1, 0.15) is 17.5 Å². The Labute approximate surface area is 115 Å². The Bertz CT molecular complexity index is 550. The summed E-state index contributed by atoms with van der Waals surface area (Å²) in [6.07, 6.45) is 0.804. The van der Waals surface area contributed by atoms with E-state index in [1.165, 1.54) is 16.4 Å². The van der Waals surface area contributed by atoms with Gasteiger partial charge in [0.2, 0.25) is 10.0 Å². The largest absolute Gasteiger partial charge is 0.243 e. The summed E-state index contributed by atoms with van der Waals surface area (Å²) in [5.74, 6) is -0.399. The fourth-order valence-electron chi connectivity index (χ4n) is 2.34. The van der Waals surface area contributed by atoms with Gasteiger partial charge in [-0.05, 0) is 43.5 Å². The Hall–Kier alpha value is -0.460. The number of rotatable bonds is 2. The third-order valence-electron chi connectivity index (χ3n) is 3.12. The molecule has 1 heterocycles. The lowest BCUT2D eigenvalue weighted by molar-refractivity contribution is 0.477. The van der Waals surface area contributed by atoms with Crippen molar-refractivity contribution in [1.82, 2.24) is 4.31 Å². The number of benzene rings is 1. The molecule has 0 aromatic heterocycles. The molecule has 1 aliphatic rings. The topological polar surface area (TPSA) is 37.4 Å². The van der Waals surface area contributed by atoms with Crippen LogP contribution in [0.4, 0.5) is 4.39 Å². The highest BCUT2D eigenvalue weighted by Gasteiger charge is 2.33. The summed E-state index contributed by atoms with van der Waals surface area (Å²) in [6, 6.07) is 2.53. The zero-order chi connectivity index (χ0) is 13.5. The SMILES string of the molecule is Cc1cc(F)cc(C)c1S(=O)(=O)N1CCC(Br)C1. The van der Waals surface area contributed by atoms with E-state index in [1.807, 2.05) is 0 Å². The quantitative estimate of drug-likeness (QED) is 0.779. The second-order valence-electron chi connectivity index (χ2n) is 4.62. The Morgan fingerprint density at radius 2 is 1.89 bits per heavy atom. The fourth-order valence-corrected chi connectivity index (χ4v) is 5.00. The zero-order valence-corrected chi connectivity index (χ0v) is 12.7. The Morgan fingerprint density at radius 3 is 2.33 bits per heavy atom. The van der Waals surface area contributed by atoms with Gasteiger partial charge < -0.3 is 0 Å². The predicted molar refractivity (Wildman–Crippen MR) is 72.0 cm³/mol. The summed E-state index contributed by atoms with van der Waals surface area (Å²) in [4.78, 5) is 0.443. The van der Waals surface area contributed by atoms with E-state index in [9.17, 15) is 12.8 Å². The smallest absolute Gasteiger partial charge is 0.207 e. The maximum absolute atomic E-state index is 13.2. The van der Waals surface area contributed by atoms with Gasteiger partial charge in [0.1, 0.15) is 5.82 Å². The lowest BCUT2D eigenvalue weighted by Crippen LogP contribution is -2.30. The number of aryl methyl sites for hydroxylation is 2. The van der Waals surface area contributed by atoms with E-state index in [4.69, 9.17) is 0 Å². The Kier molecular flexibility index (Phi) is 3.80. The first kappa shape index (κ1) is 14.0. The van der Waals surface area contributed by atoms with Crippen molar-refractivity contribution in [2.75, 3.05) is 13.1 Å². The predicted octanol–water partition coefficient (Wildman–Crippen LogP) is 2.60. The van der Waals surface area contributed by atoms with Crippen LogP contribution in [0.3, 0.4) is 0 Å². The van der Waals surface area contributed by atoms with Crippen LogP contribution in [0.25, 0.3) is 0 Å². The van der Waals surface area contributed by atoms with E-state index in [2.05, 4.69) is 15.9 Å². The number of halogens is 2. The molecule has 100 valence electrons. The average Bonchev–Trinajstić information content (AvgIpc) is 2.63. The molecule has 1 atom stereocenters. The van der Waals surface area contributed by atoms with Crippen LogP contribution < -0.4 is 0 Å². The van der Waals surface area contributed by atoms with Gasteiger partial charge >= 0.3 is 0 Å². The molecule has 1 aliphatic heterocycles. The highest BCUT2D eigenvalue weighted by atomic mass is 79.9. The summed E-state index contributed by atoms with van der Waals surface area (Å²) in [5.41, 5.74) is 0.927. The molecule has 6 heteroatoms. The van der Waals surface area contributed by atoms with Gasteiger partial charge in [-0.3, -0.25) is 0 Å². The molecule has 1 aromatic rings. The first-order chi connectivity index (χ1) is 8.32. The average molecular weight is 336 g/mol. The first-order valence-electron chi connectivity index (χ1n) is 5.73. The van der Waals surface area contributed by atoms with Gasteiger partial charge in [-0.15, -0.1) is 0 Å². The van der Waals surface area contributed by atoms with Crippen molar-refractivity contribution in [3.05, 3.63) is 29.1 Å². The lowest BCUT2D eigenvalue weighted by Gasteiger charge is -2.19. The van der Waals surface area contributed by atoms with E-state index in [-0.39, 0.29) is 9.72 Å². The van der Waals surface area contributed by atoms with Gasteiger partial charge in [-0.2, -0.15) is 4.31 Å². The molecule has 1 unspecified atom stereocenters. The van der Waals surface area contributed by atoms with Crippen LogP contribution in [-0.2, 0) is 10.0 Å². The third-order valence-corrected chi connectivity index (χ3v) is 6.04. The molecule has 0 N–H and O–H groups in total. The van der Waals surface area contributed by atoms with Crippen LogP contribution in [0, 0.1) is 19.7 Å². The molecule has 1 aromatic carbocycles. The van der Waals surface area contributed by atoms with Crippen molar-refractivity contribution < 1.29 is 12.8 Å². The summed E-state index contributed by atoms with van der Waals surface area (Å²) in [5, 5.41) is 0. The molecule has 18 heavy (non-hydrogen) atoms. The van der Waals surface area contributed by atoms with Crippen LogP contribution in [0.5, 0.6) is 0 Å². The Balaban J connectivity index is 2.48.